The Labute approximate surface area is 117 Å². The second-order valence-corrected chi connectivity index (χ2v) is 8.32. The van der Waals surface area contributed by atoms with Gasteiger partial charge in [-0.1, -0.05) is 48.6 Å². The van der Waals surface area contributed by atoms with Crippen LogP contribution in [0.15, 0.2) is 48.6 Å². The van der Waals surface area contributed by atoms with E-state index < -0.39 is 20.3 Å². The van der Waals surface area contributed by atoms with E-state index in [1.165, 1.54) is 11.1 Å². The monoisotopic (exact) mass is 286 g/mol. The largest absolute Gasteiger partial charge is 0.365 e. The molecule has 1 aromatic rings. The minimum absolute atomic E-state index is 0.0536. The molecule has 20 heavy (non-hydrogen) atoms. The minimum atomic E-state index is -3.12. The van der Waals surface area contributed by atoms with Crippen LogP contribution in [0.1, 0.15) is 23.3 Å². The van der Waals surface area contributed by atoms with Crippen molar-refractivity contribution in [3.63, 3.8) is 0 Å². The molecule has 4 heterocycles. The molecule has 1 aromatic carbocycles. The molecule has 0 aromatic heterocycles. The van der Waals surface area contributed by atoms with Gasteiger partial charge in [-0.05, 0) is 11.1 Å². The van der Waals surface area contributed by atoms with Crippen LogP contribution < -0.4 is 0 Å². The SMILES string of the molecule is O=S1(=O)[C@H]2C=CC=C[C@H]1[C@H]1[C@@H]2[C@H]2O[C@H]1c1ccccc12. The van der Waals surface area contributed by atoms with Crippen LogP contribution in [0.4, 0.5) is 0 Å². The number of hydrogen-bond donors (Lipinski definition) is 0. The average molecular weight is 286 g/mol. The maximum absolute atomic E-state index is 12.7. The molecule has 102 valence electrons. The Bertz CT molecular complexity index is 705. The van der Waals surface area contributed by atoms with Gasteiger partial charge in [0.25, 0.3) is 0 Å². The van der Waals surface area contributed by atoms with Crippen molar-refractivity contribution in [1.82, 2.24) is 0 Å². The van der Waals surface area contributed by atoms with Crippen LogP contribution >= 0.6 is 0 Å². The molecule has 4 bridgehead atoms. The third-order valence-electron chi connectivity index (χ3n) is 5.28. The molecule has 2 saturated heterocycles. The molecule has 0 spiro atoms. The fourth-order valence-electron chi connectivity index (χ4n) is 4.56. The van der Waals surface area contributed by atoms with E-state index >= 15 is 0 Å². The number of sulfone groups is 1. The molecule has 2 fully saturated rings. The Hall–Kier alpha value is -1.39. The lowest BCUT2D eigenvalue weighted by Crippen LogP contribution is -2.26. The lowest BCUT2D eigenvalue weighted by Gasteiger charge is -2.26. The maximum Gasteiger partial charge on any atom is 0.163 e. The van der Waals surface area contributed by atoms with Gasteiger partial charge in [0.1, 0.15) is 0 Å². The summed E-state index contributed by atoms with van der Waals surface area (Å²) in [6.07, 6.45) is 7.34. The first kappa shape index (κ1) is 11.3. The molecular formula is C16H14O3S. The first-order valence-corrected chi connectivity index (χ1v) is 8.62. The molecule has 0 aliphatic carbocycles. The first-order chi connectivity index (χ1) is 9.69. The summed E-state index contributed by atoms with van der Waals surface area (Å²) in [6.45, 7) is 0. The summed E-state index contributed by atoms with van der Waals surface area (Å²) in [5.41, 5.74) is 2.38. The van der Waals surface area contributed by atoms with Gasteiger partial charge in [0, 0.05) is 11.8 Å². The van der Waals surface area contributed by atoms with E-state index in [-0.39, 0.29) is 24.0 Å². The highest BCUT2D eigenvalue weighted by Gasteiger charge is 2.66. The summed E-state index contributed by atoms with van der Waals surface area (Å²) in [5.74, 6) is 0.150. The quantitative estimate of drug-likeness (QED) is 0.735. The Kier molecular flexibility index (Phi) is 1.94. The fraction of sp³-hybridized carbons (Fsp3) is 0.375. The molecule has 0 saturated carbocycles. The predicted molar refractivity (Wildman–Crippen MR) is 74.8 cm³/mol. The summed E-state index contributed by atoms with van der Waals surface area (Å²) in [4.78, 5) is 0. The smallest absolute Gasteiger partial charge is 0.163 e. The van der Waals surface area contributed by atoms with Crippen molar-refractivity contribution in [2.75, 3.05) is 0 Å². The molecule has 0 amide bonds. The molecule has 4 heteroatoms. The number of fused-ring (bicyclic) bond motifs is 12. The second kappa shape index (κ2) is 3.43. The van der Waals surface area contributed by atoms with Gasteiger partial charge < -0.3 is 4.74 Å². The van der Waals surface area contributed by atoms with Gasteiger partial charge in [0.2, 0.25) is 0 Å². The van der Waals surface area contributed by atoms with Crippen molar-refractivity contribution in [1.29, 1.82) is 0 Å². The molecular weight excluding hydrogens is 272 g/mol. The second-order valence-electron chi connectivity index (χ2n) is 6.05. The first-order valence-electron chi connectivity index (χ1n) is 7.01. The van der Waals surface area contributed by atoms with E-state index in [0.717, 1.165) is 0 Å². The summed E-state index contributed by atoms with van der Waals surface area (Å²) >= 11 is 0. The van der Waals surface area contributed by atoms with Gasteiger partial charge in [-0.3, -0.25) is 0 Å². The van der Waals surface area contributed by atoms with Crippen molar-refractivity contribution in [3.05, 3.63) is 59.7 Å². The van der Waals surface area contributed by atoms with Crippen LogP contribution in [-0.2, 0) is 14.6 Å². The van der Waals surface area contributed by atoms with Gasteiger partial charge in [-0.15, -0.1) is 0 Å². The normalized spacial score (nSPS) is 45.2. The Morgan fingerprint density at radius 1 is 0.850 bits per heavy atom. The van der Waals surface area contributed by atoms with E-state index in [2.05, 4.69) is 12.1 Å². The summed E-state index contributed by atoms with van der Waals surface area (Å²) in [7, 11) is -3.12. The minimum Gasteiger partial charge on any atom is -0.365 e. The third kappa shape index (κ3) is 1.10. The van der Waals surface area contributed by atoms with Crippen molar-refractivity contribution < 1.29 is 13.2 Å². The van der Waals surface area contributed by atoms with Crippen LogP contribution in [0.5, 0.6) is 0 Å². The fourth-order valence-corrected chi connectivity index (χ4v) is 7.07. The van der Waals surface area contributed by atoms with Crippen molar-refractivity contribution in [2.24, 2.45) is 11.8 Å². The molecule has 4 aliphatic heterocycles. The number of allylic oxidation sites excluding steroid dienone is 2. The van der Waals surface area contributed by atoms with Crippen LogP contribution in [-0.4, -0.2) is 18.9 Å². The molecule has 3 nitrogen and oxygen atoms in total. The van der Waals surface area contributed by atoms with Gasteiger partial charge in [0.15, 0.2) is 9.84 Å². The van der Waals surface area contributed by atoms with E-state index in [1.807, 2.05) is 36.4 Å². The number of benzene rings is 1. The van der Waals surface area contributed by atoms with Gasteiger partial charge in [-0.25, -0.2) is 8.42 Å². The molecule has 5 rings (SSSR count). The van der Waals surface area contributed by atoms with Crippen molar-refractivity contribution in [2.45, 2.75) is 22.7 Å². The zero-order valence-electron chi connectivity index (χ0n) is 10.7. The van der Waals surface area contributed by atoms with Crippen LogP contribution in [0.3, 0.4) is 0 Å². The summed E-state index contributed by atoms with van der Waals surface area (Å²) in [6, 6.07) is 8.18. The maximum atomic E-state index is 12.7. The number of ether oxygens (including phenoxy) is 1. The van der Waals surface area contributed by atoms with Crippen molar-refractivity contribution in [3.8, 4) is 0 Å². The van der Waals surface area contributed by atoms with Crippen LogP contribution in [0.25, 0.3) is 0 Å². The molecule has 0 radical (unpaired) electrons. The Morgan fingerprint density at radius 3 is 1.85 bits per heavy atom. The van der Waals surface area contributed by atoms with Crippen molar-refractivity contribution >= 4 is 9.84 Å². The molecule has 0 N–H and O–H groups in total. The highest BCUT2D eigenvalue weighted by molar-refractivity contribution is 7.93. The zero-order chi connectivity index (χ0) is 13.5. The molecule has 4 aliphatic rings. The van der Waals surface area contributed by atoms with E-state index in [4.69, 9.17) is 4.74 Å². The number of hydrogen-bond acceptors (Lipinski definition) is 3. The molecule has 6 atom stereocenters. The standard InChI is InChI=1S/C16H14O3S/c17-20(18)11-7-3-4-8-12(20)14-13(11)15-9-5-1-2-6-10(9)16(14)19-15/h1-8,11-16H/t11-,12-,13-,14+,15-,16-/m0/s1. The van der Waals surface area contributed by atoms with E-state index in [9.17, 15) is 8.42 Å². The van der Waals surface area contributed by atoms with Crippen LogP contribution in [0, 0.1) is 11.8 Å². The van der Waals surface area contributed by atoms with Crippen LogP contribution in [0.2, 0.25) is 0 Å². The summed E-state index contributed by atoms with van der Waals surface area (Å²) in [5, 5.41) is -0.785. The lowest BCUT2D eigenvalue weighted by molar-refractivity contribution is 0.0533. The lowest BCUT2D eigenvalue weighted by atomic mass is 9.72. The Balaban J connectivity index is 1.75. The van der Waals surface area contributed by atoms with E-state index in [0.29, 0.717) is 0 Å². The van der Waals surface area contributed by atoms with Gasteiger partial charge in [0.05, 0.1) is 22.7 Å². The van der Waals surface area contributed by atoms with Gasteiger partial charge in [-0.2, -0.15) is 0 Å². The third-order valence-corrected chi connectivity index (χ3v) is 7.74. The summed E-state index contributed by atoms with van der Waals surface area (Å²) < 4.78 is 31.6. The predicted octanol–water partition coefficient (Wildman–Crippen LogP) is 2.34. The average Bonchev–Trinajstić information content (AvgIpc) is 2.97. The number of rotatable bonds is 0. The molecule has 0 unspecified atom stereocenters. The highest BCUT2D eigenvalue weighted by atomic mass is 32.2. The topological polar surface area (TPSA) is 43.4 Å². The Morgan fingerprint density at radius 2 is 1.35 bits per heavy atom. The van der Waals surface area contributed by atoms with Gasteiger partial charge >= 0.3 is 0 Å². The highest BCUT2D eigenvalue weighted by Crippen LogP contribution is 2.64. The van der Waals surface area contributed by atoms with E-state index in [1.54, 1.807) is 0 Å². The zero-order valence-corrected chi connectivity index (χ0v) is 11.5.